The minimum absolute atomic E-state index is 0.150. The third-order valence-electron chi connectivity index (χ3n) is 3.56. The number of nitrogens with two attached hydrogens (primary N) is 1. The zero-order valence-electron chi connectivity index (χ0n) is 12.1. The molecule has 3 N–H and O–H groups in total. The van der Waals surface area contributed by atoms with Crippen molar-refractivity contribution < 1.29 is 9.18 Å². The molecule has 1 aliphatic heterocycles. The maximum absolute atomic E-state index is 13.8. The number of carbonyl (C=O) groups excluding carboxylic acids is 1. The first kappa shape index (κ1) is 15.3. The molecule has 2 atom stereocenters. The highest BCUT2D eigenvalue weighted by Crippen LogP contribution is 2.37. The fourth-order valence-corrected chi connectivity index (χ4v) is 3.33. The number of rotatable bonds is 2. The van der Waals surface area contributed by atoms with Crippen molar-refractivity contribution in [3.8, 4) is 0 Å². The Hall–Kier alpha value is -1.07. The quantitative estimate of drug-likeness (QED) is 0.882. The number of benzene rings is 1. The number of amides is 1. The molecule has 1 aromatic rings. The summed E-state index contributed by atoms with van der Waals surface area (Å²) in [6.45, 7) is 5.80. The van der Waals surface area contributed by atoms with Gasteiger partial charge < -0.3 is 11.1 Å². The normalized spacial score (nSPS) is 20.1. The van der Waals surface area contributed by atoms with E-state index in [1.807, 2.05) is 26.8 Å². The standard InChI is InChI=1S/C15H21FN2OS/c1-15(2,3)13(17)14(19)18-11-7-8-20-12-9(11)5-4-6-10(12)16/h4-6,11,13H,7-8,17H2,1-3H3,(H,18,19)/t11?,13-/m1/s1. The zero-order chi connectivity index (χ0) is 14.9. The van der Waals surface area contributed by atoms with E-state index in [1.54, 1.807) is 6.07 Å². The number of nitrogens with one attached hydrogen (secondary N) is 1. The van der Waals surface area contributed by atoms with Crippen LogP contribution in [-0.2, 0) is 4.79 Å². The summed E-state index contributed by atoms with van der Waals surface area (Å²) in [5.41, 5.74) is 6.53. The number of thioether (sulfide) groups is 1. The molecule has 2 rings (SSSR count). The van der Waals surface area contributed by atoms with Crippen molar-refractivity contribution in [3.05, 3.63) is 29.6 Å². The molecular formula is C15H21FN2OS. The first-order chi connectivity index (χ1) is 9.30. The van der Waals surface area contributed by atoms with Crippen molar-refractivity contribution in [2.24, 2.45) is 11.1 Å². The minimum atomic E-state index is -0.575. The van der Waals surface area contributed by atoms with Crippen LogP contribution in [0.1, 0.15) is 38.8 Å². The number of fused-ring (bicyclic) bond motifs is 1. The molecule has 1 aromatic carbocycles. The fraction of sp³-hybridized carbons (Fsp3) is 0.533. The highest BCUT2D eigenvalue weighted by atomic mass is 32.2. The average molecular weight is 296 g/mol. The molecule has 0 bridgehead atoms. The molecule has 0 saturated carbocycles. The van der Waals surface area contributed by atoms with Crippen molar-refractivity contribution in [2.75, 3.05) is 5.75 Å². The Labute approximate surface area is 123 Å². The van der Waals surface area contributed by atoms with E-state index >= 15 is 0 Å². The van der Waals surface area contributed by atoms with Crippen LogP contribution >= 0.6 is 11.8 Å². The summed E-state index contributed by atoms with van der Waals surface area (Å²) in [6, 6.07) is 4.29. The summed E-state index contributed by atoms with van der Waals surface area (Å²) in [4.78, 5) is 12.9. The van der Waals surface area contributed by atoms with Gasteiger partial charge in [0.05, 0.1) is 12.1 Å². The lowest BCUT2D eigenvalue weighted by Gasteiger charge is -2.31. The van der Waals surface area contributed by atoms with Crippen LogP contribution in [0.2, 0.25) is 0 Å². The Morgan fingerprint density at radius 3 is 2.85 bits per heavy atom. The fourth-order valence-electron chi connectivity index (χ4n) is 2.19. The van der Waals surface area contributed by atoms with E-state index in [4.69, 9.17) is 5.73 Å². The number of carbonyl (C=O) groups is 1. The molecule has 0 spiro atoms. The third kappa shape index (κ3) is 3.15. The molecule has 110 valence electrons. The highest BCUT2D eigenvalue weighted by molar-refractivity contribution is 7.99. The lowest BCUT2D eigenvalue weighted by molar-refractivity contribution is -0.125. The van der Waals surface area contributed by atoms with Gasteiger partial charge in [-0.2, -0.15) is 0 Å². The molecule has 0 aliphatic carbocycles. The average Bonchev–Trinajstić information content (AvgIpc) is 2.38. The Balaban J connectivity index is 2.17. The van der Waals surface area contributed by atoms with Crippen LogP contribution in [0.15, 0.2) is 23.1 Å². The molecular weight excluding hydrogens is 275 g/mol. The van der Waals surface area contributed by atoms with Gasteiger partial charge in [0.2, 0.25) is 5.91 Å². The smallest absolute Gasteiger partial charge is 0.237 e. The maximum atomic E-state index is 13.8. The van der Waals surface area contributed by atoms with Crippen LogP contribution in [-0.4, -0.2) is 17.7 Å². The summed E-state index contributed by atoms with van der Waals surface area (Å²) in [6.07, 6.45) is 0.795. The van der Waals surface area contributed by atoms with Gasteiger partial charge in [0, 0.05) is 10.6 Å². The van der Waals surface area contributed by atoms with Crippen molar-refractivity contribution in [1.29, 1.82) is 0 Å². The molecule has 3 nitrogen and oxygen atoms in total. The van der Waals surface area contributed by atoms with Crippen molar-refractivity contribution >= 4 is 17.7 Å². The Bertz CT molecular complexity index is 513. The van der Waals surface area contributed by atoms with Crippen LogP contribution in [0.25, 0.3) is 0 Å². The van der Waals surface area contributed by atoms with Crippen molar-refractivity contribution in [1.82, 2.24) is 5.32 Å². The second-order valence-corrected chi connectivity index (χ2v) is 7.31. The van der Waals surface area contributed by atoms with E-state index < -0.39 is 6.04 Å². The van der Waals surface area contributed by atoms with Gasteiger partial charge in [-0.05, 0) is 23.5 Å². The maximum Gasteiger partial charge on any atom is 0.237 e. The third-order valence-corrected chi connectivity index (χ3v) is 4.72. The number of halogens is 1. The number of hydrogen-bond donors (Lipinski definition) is 2. The molecule has 0 saturated heterocycles. The summed E-state index contributed by atoms with van der Waals surface area (Å²) in [7, 11) is 0. The lowest BCUT2D eigenvalue weighted by Crippen LogP contribution is -2.49. The highest BCUT2D eigenvalue weighted by Gasteiger charge is 2.31. The molecule has 0 radical (unpaired) electrons. The van der Waals surface area contributed by atoms with E-state index in [2.05, 4.69) is 5.32 Å². The topological polar surface area (TPSA) is 55.1 Å². The van der Waals surface area contributed by atoms with E-state index in [9.17, 15) is 9.18 Å². The Kier molecular flexibility index (Phi) is 4.39. The summed E-state index contributed by atoms with van der Waals surface area (Å²) in [5.74, 6) is 0.403. The van der Waals surface area contributed by atoms with Crippen molar-refractivity contribution in [3.63, 3.8) is 0 Å². The van der Waals surface area contributed by atoms with Crippen LogP contribution in [0.5, 0.6) is 0 Å². The van der Waals surface area contributed by atoms with E-state index in [-0.39, 0.29) is 23.2 Å². The molecule has 1 unspecified atom stereocenters. The minimum Gasteiger partial charge on any atom is -0.348 e. The van der Waals surface area contributed by atoms with Crippen molar-refractivity contribution in [2.45, 2.75) is 44.2 Å². The largest absolute Gasteiger partial charge is 0.348 e. The Morgan fingerprint density at radius 2 is 2.20 bits per heavy atom. The SMILES string of the molecule is CC(C)(C)[C@H](N)C(=O)NC1CCSc2c(F)cccc21. The predicted molar refractivity (Wildman–Crippen MR) is 80.1 cm³/mol. The van der Waals surface area contributed by atoms with Gasteiger partial charge in [-0.25, -0.2) is 4.39 Å². The lowest BCUT2D eigenvalue weighted by atomic mass is 9.86. The van der Waals surface area contributed by atoms with Crippen LogP contribution in [0.3, 0.4) is 0 Å². The van der Waals surface area contributed by atoms with Gasteiger partial charge in [0.15, 0.2) is 0 Å². The molecule has 1 aliphatic rings. The second-order valence-electron chi connectivity index (χ2n) is 6.20. The van der Waals surface area contributed by atoms with Crippen LogP contribution < -0.4 is 11.1 Å². The molecule has 0 aromatic heterocycles. The van der Waals surface area contributed by atoms with Gasteiger partial charge in [-0.1, -0.05) is 32.9 Å². The molecule has 1 heterocycles. The first-order valence-electron chi connectivity index (χ1n) is 6.78. The molecule has 1 amide bonds. The number of hydrogen-bond acceptors (Lipinski definition) is 3. The zero-order valence-corrected chi connectivity index (χ0v) is 12.9. The molecule has 5 heteroatoms. The van der Waals surface area contributed by atoms with Gasteiger partial charge in [-0.15, -0.1) is 11.8 Å². The monoisotopic (exact) mass is 296 g/mol. The molecule has 20 heavy (non-hydrogen) atoms. The van der Waals surface area contributed by atoms with Gasteiger partial charge in [-0.3, -0.25) is 4.79 Å². The van der Waals surface area contributed by atoms with Crippen LogP contribution in [0.4, 0.5) is 4.39 Å². The van der Waals surface area contributed by atoms with Gasteiger partial charge in [0.1, 0.15) is 5.82 Å². The van der Waals surface area contributed by atoms with Gasteiger partial charge >= 0.3 is 0 Å². The molecule has 0 fully saturated rings. The van der Waals surface area contributed by atoms with Crippen LogP contribution in [0, 0.1) is 11.2 Å². The summed E-state index contributed by atoms with van der Waals surface area (Å²) in [5, 5.41) is 2.96. The predicted octanol–water partition coefficient (Wildman–Crippen LogP) is 2.85. The first-order valence-corrected chi connectivity index (χ1v) is 7.76. The van der Waals surface area contributed by atoms with E-state index in [1.165, 1.54) is 17.8 Å². The second kappa shape index (κ2) is 5.74. The summed E-state index contributed by atoms with van der Waals surface area (Å²) < 4.78 is 13.8. The summed E-state index contributed by atoms with van der Waals surface area (Å²) >= 11 is 1.50. The van der Waals surface area contributed by atoms with Gasteiger partial charge in [0.25, 0.3) is 0 Å². The Morgan fingerprint density at radius 1 is 1.50 bits per heavy atom. The van der Waals surface area contributed by atoms with E-state index in [0.717, 1.165) is 17.7 Å². The van der Waals surface area contributed by atoms with E-state index in [0.29, 0.717) is 4.90 Å².